The summed E-state index contributed by atoms with van der Waals surface area (Å²) in [7, 11) is 0. The van der Waals surface area contributed by atoms with Gasteiger partial charge in [0.2, 0.25) is 5.91 Å². The largest absolute Gasteiger partial charge is 0.355 e. The molecule has 1 saturated heterocycles. The van der Waals surface area contributed by atoms with Crippen LogP contribution in [0.2, 0.25) is 0 Å². The highest BCUT2D eigenvalue weighted by Crippen LogP contribution is 2.24. The molecule has 0 aliphatic carbocycles. The third-order valence-electron chi connectivity index (χ3n) is 3.68. The summed E-state index contributed by atoms with van der Waals surface area (Å²) in [5.74, 6) is 0.752. The van der Waals surface area contributed by atoms with Gasteiger partial charge in [0.05, 0.1) is 6.04 Å². The Bertz CT molecular complexity index is 233. The topological polar surface area (TPSA) is 41.1 Å². The van der Waals surface area contributed by atoms with Crippen molar-refractivity contribution in [1.82, 2.24) is 10.6 Å². The third kappa shape index (κ3) is 4.12. The van der Waals surface area contributed by atoms with Gasteiger partial charge in [-0.15, -0.1) is 0 Å². The van der Waals surface area contributed by atoms with E-state index in [4.69, 9.17) is 0 Å². The van der Waals surface area contributed by atoms with Crippen LogP contribution >= 0.6 is 0 Å². The van der Waals surface area contributed by atoms with E-state index in [1.54, 1.807) is 0 Å². The average molecular weight is 226 g/mol. The van der Waals surface area contributed by atoms with Gasteiger partial charge in [-0.05, 0) is 37.1 Å². The Kier molecular flexibility index (Phi) is 4.78. The number of hydrogen-bond donors (Lipinski definition) is 2. The van der Waals surface area contributed by atoms with Gasteiger partial charge in [0.1, 0.15) is 0 Å². The second kappa shape index (κ2) is 5.67. The summed E-state index contributed by atoms with van der Waals surface area (Å²) in [6.07, 6.45) is 3.22. The van der Waals surface area contributed by atoms with Crippen LogP contribution in [-0.2, 0) is 4.79 Å². The molecule has 1 aliphatic rings. The van der Waals surface area contributed by atoms with Gasteiger partial charge in [0.15, 0.2) is 0 Å². The zero-order valence-electron chi connectivity index (χ0n) is 11.1. The fourth-order valence-electron chi connectivity index (χ4n) is 1.76. The van der Waals surface area contributed by atoms with Crippen molar-refractivity contribution in [3.8, 4) is 0 Å². The smallest absolute Gasteiger partial charge is 0.237 e. The molecule has 16 heavy (non-hydrogen) atoms. The molecule has 0 saturated carbocycles. The standard InChI is InChI=1S/C13H26N2O/c1-10(13(2,3)4)9-15-11-7-5-6-8-14-12(11)16/h10-11,15H,5-9H2,1-4H3,(H,14,16). The van der Waals surface area contributed by atoms with Crippen LogP contribution in [-0.4, -0.2) is 25.0 Å². The van der Waals surface area contributed by atoms with Crippen LogP contribution in [0.25, 0.3) is 0 Å². The molecule has 0 spiro atoms. The van der Waals surface area contributed by atoms with Gasteiger partial charge in [-0.25, -0.2) is 0 Å². The predicted octanol–water partition coefficient (Wildman–Crippen LogP) is 1.93. The van der Waals surface area contributed by atoms with E-state index < -0.39 is 0 Å². The Morgan fingerprint density at radius 2 is 2.12 bits per heavy atom. The molecule has 2 unspecified atom stereocenters. The SMILES string of the molecule is CC(CNC1CCCCNC1=O)C(C)(C)C. The van der Waals surface area contributed by atoms with Gasteiger partial charge in [0, 0.05) is 6.54 Å². The van der Waals surface area contributed by atoms with Gasteiger partial charge >= 0.3 is 0 Å². The number of carbonyl (C=O) groups excluding carboxylic acids is 1. The zero-order valence-corrected chi connectivity index (χ0v) is 11.1. The first kappa shape index (κ1) is 13.5. The van der Waals surface area contributed by atoms with Gasteiger partial charge < -0.3 is 10.6 Å². The summed E-state index contributed by atoms with van der Waals surface area (Å²) >= 11 is 0. The minimum atomic E-state index is 0.0206. The highest BCUT2D eigenvalue weighted by Gasteiger charge is 2.24. The lowest BCUT2D eigenvalue weighted by Crippen LogP contribution is -2.45. The molecule has 2 atom stereocenters. The Morgan fingerprint density at radius 1 is 1.44 bits per heavy atom. The molecule has 2 N–H and O–H groups in total. The lowest BCUT2D eigenvalue weighted by atomic mass is 9.82. The van der Waals surface area contributed by atoms with Gasteiger partial charge in [-0.2, -0.15) is 0 Å². The van der Waals surface area contributed by atoms with E-state index in [1.165, 1.54) is 0 Å². The molecule has 3 nitrogen and oxygen atoms in total. The Morgan fingerprint density at radius 3 is 2.75 bits per heavy atom. The van der Waals surface area contributed by atoms with E-state index in [2.05, 4.69) is 38.3 Å². The van der Waals surface area contributed by atoms with Crippen LogP contribution in [0.1, 0.15) is 47.0 Å². The van der Waals surface area contributed by atoms with Crippen LogP contribution in [0, 0.1) is 11.3 Å². The molecule has 0 aromatic rings. The summed E-state index contributed by atoms with van der Waals surface area (Å²) in [5.41, 5.74) is 0.300. The van der Waals surface area contributed by atoms with Gasteiger partial charge in [-0.3, -0.25) is 4.79 Å². The molecule has 3 heteroatoms. The second-order valence-corrected chi connectivity index (χ2v) is 6.01. The van der Waals surface area contributed by atoms with Crippen LogP contribution in [0.5, 0.6) is 0 Å². The van der Waals surface area contributed by atoms with Crippen LogP contribution in [0.15, 0.2) is 0 Å². The molecule has 1 amide bonds. The first-order valence-corrected chi connectivity index (χ1v) is 6.42. The molecule has 94 valence electrons. The molecule has 1 fully saturated rings. The molecule has 0 radical (unpaired) electrons. The molecule has 0 bridgehead atoms. The molecule has 0 aromatic carbocycles. The highest BCUT2D eigenvalue weighted by molar-refractivity contribution is 5.81. The van der Waals surface area contributed by atoms with Crippen molar-refractivity contribution in [3.05, 3.63) is 0 Å². The van der Waals surface area contributed by atoms with Crippen LogP contribution in [0.3, 0.4) is 0 Å². The Hall–Kier alpha value is -0.570. The number of nitrogens with one attached hydrogen (secondary N) is 2. The lowest BCUT2D eigenvalue weighted by Gasteiger charge is -2.29. The van der Waals surface area contributed by atoms with Gasteiger partial charge in [0.25, 0.3) is 0 Å². The lowest BCUT2D eigenvalue weighted by molar-refractivity contribution is -0.122. The van der Waals surface area contributed by atoms with E-state index in [0.29, 0.717) is 11.3 Å². The summed E-state index contributed by atoms with van der Waals surface area (Å²) in [6.45, 7) is 10.7. The minimum Gasteiger partial charge on any atom is -0.355 e. The first-order chi connectivity index (χ1) is 7.41. The Balaban J connectivity index is 2.38. The predicted molar refractivity (Wildman–Crippen MR) is 67.3 cm³/mol. The van der Waals surface area contributed by atoms with Crippen LogP contribution < -0.4 is 10.6 Å². The number of amides is 1. The number of rotatable bonds is 3. The van der Waals surface area contributed by atoms with E-state index in [0.717, 1.165) is 32.4 Å². The first-order valence-electron chi connectivity index (χ1n) is 6.42. The van der Waals surface area contributed by atoms with E-state index in [9.17, 15) is 4.79 Å². The maximum atomic E-state index is 11.7. The van der Waals surface area contributed by atoms with Crippen molar-refractivity contribution in [2.45, 2.75) is 53.0 Å². The number of hydrogen-bond acceptors (Lipinski definition) is 2. The minimum absolute atomic E-state index is 0.0206. The van der Waals surface area contributed by atoms with Crippen molar-refractivity contribution >= 4 is 5.91 Å². The summed E-state index contributed by atoms with van der Waals surface area (Å²) in [4.78, 5) is 11.7. The summed E-state index contributed by atoms with van der Waals surface area (Å²) < 4.78 is 0. The van der Waals surface area contributed by atoms with Crippen molar-refractivity contribution in [1.29, 1.82) is 0 Å². The van der Waals surface area contributed by atoms with E-state index in [1.807, 2.05) is 0 Å². The summed E-state index contributed by atoms with van der Waals surface area (Å²) in [5, 5.41) is 6.36. The normalized spacial score (nSPS) is 24.8. The zero-order chi connectivity index (χ0) is 12.2. The fourth-order valence-corrected chi connectivity index (χ4v) is 1.76. The van der Waals surface area contributed by atoms with Crippen molar-refractivity contribution < 1.29 is 4.79 Å². The van der Waals surface area contributed by atoms with Crippen LogP contribution in [0.4, 0.5) is 0 Å². The Labute approximate surface area is 99.4 Å². The summed E-state index contributed by atoms with van der Waals surface area (Å²) in [6, 6.07) is 0.0206. The molecule has 1 heterocycles. The average Bonchev–Trinajstić information content (AvgIpc) is 2.38. The van der Waals surface area contributed by atoms with Crippen molar-refractivity contribution in [2.75, 3.05) is 13.1 Å². The van der Waals surface area contributed by atoms with Gasteiger partial charge in [-0.1, -0.05) is 27.7 Å². The third-order valence-corrected chi connectivity index (χ3v) is 3.68. The molecule has 1 aliphatic heterocycles. The second-order valence-electron chi connectivity index (χ2n) is 6.01. The maximum Gasteiger partial charge on any atom is 0.237 e. The highest BCUT2D eigenvalue weighted by atomic mass is 16.2. The monoisotopic (exact) mass is 226 g/mol. The fraction of sp³-hybridized carbons (Fsp3) is 0.923. The molecular weight excluding hydrogens is 200 g/mol. The van der Waals surface area contributed by atoms with E-state index in [-0.39, 0.29) is 11.9 Å². The quantitative estimate of drug-likeness (QED) is 0.772. The molecule has 0 aromatic heterocycles. The van der Waals surface area contributed by atoms with Crippen molar-refractivity contribution in [3.63, 3.8) is 0 Å². The van der Waals surface area contributed by atoms with Crippen molar-refractivity contribution in [2.24, 2.45) is 11.3 Å². The molecular formula is C13H26N2O. The number of carbonyl (C=O) groups is 1. The maximum absolute atomic E-state index is 11.7. The van der Waals surface area contributed by atoms with E-state index >= 15 is 0 Å². The molecule has 1 rings (SSSR count).